The van der Waals surface area contributed by atoms with Crippen LogP contribution in [0.3, 0.4) is 0 Å². The smallest absolute Gasteiger partial charge is 0.253 e. The van der Waals surface area contributed by atoms with E-state index in [1.54, 1.807) is 24.1 Å². The van der Waals surface area contributed by atoms with Gasteiger partial charge in [-0.3, -0.25) is 4.79 Å². The average molecular weight is 472 g/mol. The first-order valence-electron chi connectivity index (χ1n) is 11.7. The SMILES string of the molecule is COc1ccc(C(=O)N(C)Cc2ccccc2N2CCCCC2)cc1S(=O)(=O)N1CCCC1. The molecule has 2 aromatic carbocycles. The van der Waals surface area contributed by atoms with Crippen molar-refractivity contribution in [2.75, 3.05) is 45.2 Å². The molecule has 2 aromatic rings. The summed E-state index contributed by atoms with van der Waals surface area (Å²) in [6.07, 6.45) is 5.32. The van der Waals surface area contributed by atoms with Crippen molar-refractivity contribution >= 4 is 21.6 Å². The molecule has 33 heavy (non-hydrogen) atoms. The van der Waals surface area contributed by atoms with Gasteiger partial charge in [-0.2, -0.15) is 4.31 Å². The fraction of sp³-hybridized carbons (Fsp3) is 0.480. The molecule has 0 N–H and O–H groups in total. The first-order valence-corrected chi connectivity index (χ1v) is 13.1. The van der Waals surface area contributed by atoms with Crippen LogP contribution >= 0.6 is 0 Å². The number of benzene rings is 2. The van der Waals surface area contributed by atoms with Crippen molar-refractivity contribution in [1.82, 2.24) is 9.21 Å². The van der Waals surface area contributed by atoms with Gasteiger partial charge in [0.15, 0.2) is 0 Å². The number of amides is 1. The van der Waals surface area contributed by atoms with Crippen molar-refractivity contribution in [2.24, 2.45) is 0 Å². The number of piperidine rings is 1. The van der Waals surface area contributed by atoms with Gasteiger partial charge in [0.2, 0.25) is 10.0 Å². The number of para-hydroxylation sites is 1. The van der Waals surface area contributed by atoms with Gasteiger partial charge >= 0.3 is 0 Å². The highest BCUT2D eigenvalue weighted by Gasteiger charge is 2.31. The maximum Gasteiger partial charge on any atom is 0.253 e. The van der Waals surface area contributed by atoms with Crippen molar-refractivity contribution in [2.45, 2.75) is 43.5 Å². The molecule has 4 rings (SSSR count). The van der Waals surface area contributed by atoms with Crippen LogP contribution in [-0.4, -0.2) is 63.9 Å². The molecule has 0 radical (unpaired) electrons. The largest absolute Gasteiger partial charge is 0.495 e. The number of nitrogens with zero attached hydrogens (tertiary/aromatic N) is 3. The van der Waals surface area contributed by atoms with Crippen LogP contribution in [-0.2, 0) is 16.6 Å². The number of carbonyl (C=O) groups is 1. The van der Waals surface area contributed by atoms with Crippen molar-refractivity contribution < 1.29 is 17.9 Å². The van der Waals surface area contributed by atoms with Crippen LogP contribution in [0.1, 0.15) is 48.0 Å². The van der Waals surface area contributed by atoms with Crippen LogP contribution in [0.5, 0.6) is 5.75 Å². The number of methoxy groups -OCH3 is 1. The standard InChI is InChI=1S/C25H33N3O4S/c1-26(19-21-10-4-5-11-22(21)27-14-6-3-7-15-27)25(29)20-12-13-23(32-2)24(18-20)33(30,31)28-16-8-9-17-28/h4-5,10-13,18H,3,6-9,14-17,19H2,1-2H3. The molecule has 0 atom stereocenters. The van der Waals surface area contributed by atoms with Crippen molar-refractivity contribution in [3.05, 3.63) is 53.6 Å². The van der Waals surface area contributed by atoms with Crippen LogP contribution in [0.4, 0.5) is 5.69 Å². The summed E-state index contributed by atoms with van der Waals surface area (Å²) in [5.74, 6) is 0.0421. The van der Waals surface area contributed by atoms with E-state index in [4.69, 9.17) is 4.74 Å². The number of rotatable bonds is 7. The second-order valence-electron chi connectivity index (χ2n) is 8.81. The fourth-order valence-electron chi connectivity index (χ4n) is 4.71. The molecule has 2 aliphatic rings. The number of sulfonamides is 1. The van der Waals surface area contributed by atoms with Crippen LogP contribution < -0.4 is 9.64 Å². The third-order valence-electron chi connectivity index (χ3n) is 6.54. The van der Waals surface area contributed by atoms with Crippen LogP contribution in [0.25, 0.3) is 0 Å². The fourth-order valence-corrected chi connectivity index (χ4v) is 6.41. The van der Waals surface area contributed by atoms with Gasteiger partial charge in [-0.1, -0.05) is 18.2 Å². The van der Waals surface area contributed by atoms with Gasteiger partial charge in [-0.15, -0.1) is 0 Å². The Morgan fingerprint density at radius 1 is 0.970 bits per heavy atom. The molecule has 2 aliphatic heterocycles. The molecule has 0 unspecified atom stereocenters. The molecule has 7 nitrogen and oxygen atoms in total. The Morgan fingerprint density at radius 3 is 2.33 bits per heavy atom. The van der Waals surface area contributed by atoms with E-state index >= 15 is 0 Å². The van der Waals surface area contributed by atoms with Gasteiger partial charge in [0, 0.05) is 51.0 Å². The molecule has 0 spiro atoms. The van der Waals surface area contributed by atoms with E-state index in [9.17, 15) is 13.2 Å². The monoisotopic (exact) mass is 471 g/mol. The van der Waals surface area contributed by atoms with Gasteiger partial charge in [-0.25, -0.2) is 8.42 Å². The lowest BCUT2D eigenvalue weighted by Gasteiger charge is -2.31. The molecule has 0 bridgehead atoms. The summed E-state index contributed by atoms with van der Waals surface area (Å²) < 4.78 is 33.2. The second kappa shape index (κ2) is 10.1. The molecule has 178 valence electrons. The van der Waals surface area contributed by atoms with Gasteiger partial charge in [0.1, 0.15) is 10.6 Å². The maximum absolute atomic E-state index is 13.3. The number of carbonyl (C=O) groups excluding carboxylic acids is 1. The van der Waals surface area contributed by atoms with E-state index < -0.39 is 10.0 Å². The third kappa shape index (κ3) is 5.01. The molecular weight excluding hydrogens is 438 g/mol. The number of hydrogen-bond donors (Lipinski definition) is 0. The highest BCUT2D eigenvalue weighted by molar-refractivity contribution is 7.89. The summed E-state index contributed by atoms with van der Waals surface area (Å²) in [7, 11) is -0.506. The van der Waals surface area contributed by atoms with Gasteiger partial charge < -0.3 is 14.5 Å². The summed E-state index contributed by atoms with van der Waals surface area (Å²) in [4.78, 5) is 17.4. The zero-order chi connectivity index (χ0) is 23.4. The van der Waals surface area contributed by atoms with E-state index in [0.29, 0.717) is 25.2 Å². The molecular formula is C25H33N3O4S. The van der Waals surface area contributed by atoms with Crippen molar-refractivity contribution in [1.29, 1.82) is 0 Å². The van der Waals surface area contributed by atoms with E-state index in [-0.39, 0.29) is 16.6 Å². The molecule has 0 aliphatic carbocycles. The Labute approximate surface area is 197 Å². The number of ether oxygens (including phenoxy) is 1. The predicted molar refractivity (Wildman–Crippen MR) is 129 cm³/mol. The summed E-state index contributed by atoms with van der Waals surface area (Å²) in [6.45, 7) is 3.51. The topological polar surface area (TPSA) is 70.2 Å². The van der Waals surface area contributed by atoms with E-state index in [0.717, 1.165) is 31.5 Å². The maximum atomic E-state index is 13.3. The lowest BCUT2D eigenvalue weighted by molar-refractivity contribution is 0.0785. The Kier molecular flexibility index (Phi) is 7.24. The summed E-state index contributed by atoms with van der Waals surface area (Å²) >= 11 is 0. The molecule has 1 amide bonds. The lowest BCUT2D eigenvalue weighted by Crippen LogP contribution is -2.32. The van der Waals surface area contributed by atoms with Gasteiger partial charge in [-0.05, 0) is 61.9 Å². The van der Waals surface area contributed by atoms with Gasteiger partial charge in [0.05, 0.1) is 7.11 Å². The second-order valence-corrected chi connectivity index (χ2v) is 10.7. The minimum Gasteiger partial charge on any atom is -0.495 e. The van der Waals surface area contributed by atoms with E-state index in [1.807, 2.05) is 12.1 Å². The molecule has 0 saturated carbocycles. The summed E-state index contributed by atoms with van der Waals surface area (Å²) in [6, 6.07) is 12.9. The van der Waals surface area contributed by atoms with Crippen LogP contribution in [0.15, 0.2) is 47.4 Å². The third-order valence-corrected chi connectivity index (χ3v) is 8.46. The highest BCUT2D eigenvalue weighted by Crippen LogP contribution is 2.31. The summed E-state index contributed by atoms with van der Waals surface area (Å²) in [5, 5.41) is 0. The molecule has 8 heteroatoms. The molecule has 2 saturated heterocycles. The Morgan fingerprint density at radius 2 is 1.64 bits per heavy atom. The molecule has 2 heterocycles. The normalized spacial score (nSPS) is 17.2. The molecule has 2 fully saturated rings. The highest BCUT2D eigenvalue weighted by atomic mass is 32.2. The lowest BCUT2D eigenvalue weighted by atomic mass is 10.1. The van der Waals surface area contributed by atoms with Crippen LogP contribution in [0.2, 0.25) is 0 Å². The first-order chi connectivity index (χ1) is 15.9. The van der Waals surface area contributed by atoms with Crippen molar-refractivity contribution in [3.63, 3.8) is 0 Å². The van der Waals surface area contributed by atoms with E-state index in [1.165, 1.54) is 42.4 Å². The summed E-state index contributed by atoms with van der Waals surface area (Å²) in [5.41, 5.74) is 2.60. The Balaban J connectivity index is 1.57. The minimum absolute atomic E-state index is 0.0554. The predicted octanol–water partition coefficient (Wildman–Crippen LogP) is 3.74. The minimum atomic E-state index is -3.71. The Bertz CT molecular complexity index is 1090. The van der Waals surface area contributed by atoms with Gasteiger partial charge in [0.25, 0.3) is 5.91 Å². The Hall–Kier alpha value is -2.58. The molecule has 0 aromatic heterocycles. The van der Waals surface area contributed by atoms with E-state index in [2.05, 4.69) is 17.0 Å². The number of anilines is 1. The quantitative estimate of drug-likeness (QED) is 0.615. The van der Waals surface area contributed by atoms with Crippen molar-refractivity contribution in [3.8, 4) is 5.75 Å². The number of hydrogen-bond acceptors (Lipinski definition) is 5. The average Bonchev–Trinajstić information content (AvgIpc) is 3.40. The zero-order valence-corrected chi connectivity index (χ0v) is 20.3. The van der Waals surface area contributed by atoms with Crippen LogP contribution in [0, 0.1) is 0 Å². The zero-order valence-electron chi connectivity index (χ0n) is 19.5. The first kappa shape index (κ1) is 23.6.